The summed E-state index contributed by atoms with van der Waals surface area (Å²) in [5.41, 5.74) is -1.20. The van der Waals surface area contributed by atoms with Gasteiger partial charge in [-0.15, -0.1) is 0 Å². The molecule has 0 spiro atoms. The standard InChI is InChI=1S/C20H17ClF3NO5/c1-28-13-7-8-16(29-2)12(10-13)6-9-18(27)30-11-17(26)25-19-14(20(22,23)24)4-3-5-15(19)21/h3-10H,11H2,1-2H3,(H,25,26). The van der Waals surface area contributed by atoms with Gasteiger partial charge >= 0.3 is 12.1 Å². The number of halogens is 4. The first-order valence-corrected chi connectivity index (χ1v) is 8.76. The molecule has 0 unspecified atom stereocenters. The highest BCUT2D eigenvalue weighted by molar-refractivity contribution is 6.34. The van der Waals surface area contributed by atoms with E-state index in [9.17, 15) is 22.8 Å². The van der Waals surface area contributed by atoms with Crippen molar-refractivity contribution in [2.75, 3.05) is 26.1 Å². The molecule has 0 fully saturated rings. The van der Waals surface area contributed by atoms with E-state index >= 15 is 0 Å². The summed E-state index contributed by atoms with van der Waals surface area (Å²) in [7, 11) is 2.93. The molecule has 30 heavy (non-hydrogen) atoms. The van der Waals surface area contributed by atoms with Crippen molar-refractivity contribution in [3.8, 4) is 11.5 Å². The summed E-state index contributed by atoms with van der Waals surface area (Å²) in [6.07, 6.45) is -2.29. The number of esters is 1. The third-order valence-electron chi connectivity index (χ3n) is 3.76. The molecule has 2 aromatic rings. The smallest absolute Gasteiger partial charge is 0.418 e. The normalized spacial score (nSPS) is 11.3. The van der Waals surface area contributed by atoms with E-state index in [4.69, 9.17) is 25.8 Å². The lowest BCUT2D eigenvalue weighted by atomic mass is 10.1. The van der Waals surface area contributed by atoms with Gasteiger partial charge in [-0.3, -0.25) is 4.79 Å². The quantitative estimate of drug-likeness (QED) is 0.501. The van der Waals surface area contributed by atoms with Gasteiger partial charge in [-0.05, 0) is 36.4 Å². The van der Waals surface area contributed by atoms with Gasteiger partial charge in [0.05, 0.1) is 30.5 Å². The molecule has 0 radical (unpaired) electrons. The van der Waals surface area contributed by atoms with Crippen LogP contribution < -0.4 is 14.8 Å². The first kappa shape index (κ1) is 23.1. The van der Waals surface area contributed by atoms with Crippen LogP contribution in [0.4, 0.5) is 18.9 Å². The van der Waals surface area contributed by atoms with Gasteiger partial charge in [0.2, 0.25) is 0 Å². The van der Waals surface area contributed by atoms with E-state index in [-0.39, 0.29) is 5.02 Å². The number of carbonyl (C=O) groups excluding carboxylic acids is 2. The molecule has 0 bridgehead atoms. The molecule has 0 heterocycles. The van der Waals surface area contributed by atoms with E-state index in [0.29, 0.717) is 17.1 Å². The monoisotopic (exact) mass is 443 g/mol. The fourth-order valence-electron chi connectivity index (χ4n) is 2.38. The predicted molar refractivity (Wildman–Crippen MR) is 105 cm³/mol. The molecule has 0 saturated carbocycles. The van der Waals surface area contributed by atoms with Gasteiger partial charge in [0.15, 0.2) is 6.61 Å². The summed E-state index contributed by atoms with van der Waals surface area (Å²) in [5.74, 6) is -0.862. The van der Waals surface area contributed by atoms with E-state index < -0.39 is 35.9 Å². The second-order valence-electron chi connectivity index (χ2n) is 5.76. The fourth-order valence-corrected chi connectivity index (χ4v) is 2.60. The number of carbonyl (C=O) groups is 2. The first-order chi connectivity index (χ1) is 14.2. The Bertz CT molecular complexity index is 960. The second kappa shape index (κ2) is 10.0. The van der Waals surface area contributed by atoms with Gasteiger partial charge in [-0.25, -0.2) is 4.79 Å². The third kappa shape index (κ3) is 6.15. The second-order valence-corrected chi connectivity index (χ2v) is 6.16. The van der Waals surface area contributed by atoms with E-state index in [0.717, 1.165) is 18.2 Å². The zero-order valence-electron chi connectivity index (χ0n) is 15.9. The number of nitrogens with one attached hydrogen (secondary N) is 1. The van der Waals surface area contributed by atoms with Gasteiger partial charge in [-0.2, -0.15) is 13.2 Å². The SMILES string of the molecule is COc1ccc(OC)c(C=CC(=O)OCC(=O)Nc2c(Cl)cccc2C(F)(F)F)c1. The molecule has 0 aliphatic rings. The molecule has 0 aromatic heterocycles. The Morgan fingerprint density at radius 1 is 1.13 bits per heavy atom. The molecule has 0 aliphatic heterocycles. The van der Waals surface area contributed by atoms with Gasteiger partial charge in [-0.1, -0.05) is 17.7 Å². The van der Waals surface area contributed by atoms with Crippen LogP contribution in [0, 0.1) is 0 Å². The summed E-state index contributed by atoms with van der Waals surface area (Å²) in [6.45, 7) is -0.805. The number of hydrogen-bond acceptors (Lipinski definition) is 5. The van der Waals surface area contributed by atoms with E-state index in [2.05, 4.69) is 0 Å². The highest BCUT2D eigenvalue weighted by Gasteiger charge is 2.34. The number of methoxy groups -OCH3 is 2. The molecule has 2 aromatic carbocycles. The van der Waals surface area contributed by atoms with Crippen molar-refractivity contribution in [3.05, 3.63) is 58.6 Å². The van der Waals surface area contributed by atoms with Crippen molar-refractivity contribution in [2.24, 2.45) is 0 Å². The van der Waals surface area contributed by atoms with Crippen molar-refractivity contribution >= 4 is 35.2 Å². The summed E-state index contributed by atoms with van der Waals surface area (Å²) < 4.78 is 54.2. The highest BCUT2D eigenvalue weighted by Crippen LogP contribution is 2.38. The number of amides is 1. The maximum Gasteiger partial charge on any atom is 0.418 e. The lowest BCUT2D eigenvalue weighted by Crippen LogP contribution is -2.22. The zero-order chi connectivity index (χ0) is 22.3. The number of alkyl halides is 3. The van der Waals surface area contributed by atoms with Gasteiger partial charge in [0, 0.05) is 11.6 Å². The number of anilines is 1. The Morgan fingerprint density at radius 3 is 2.50 bits per heavy atom. The number of hydrogen-bond donors (Lipinski definition) is 1. The molecule has 1 N–H and O–H groups in total. The van der Waals surface area contributed by atoms with Crippen LogP contribution in [0.15, 0.2) is 42.5 Å². The van der Waals surface area contributed by atoms with E-state index in [1.807, 2.05) is 5.32 Å². The van der Waals surface area contributed by atoms with Crippen LogP contribution in [0.5, 0.6) is 11.5 Å². The maximum absolute atomic E-state index is 13.0. The van der Waals surface area contributed by atoms with Crippen LogP contribution in [0.1, 0.15) is 11.1 Å². The number of ether oxygens (including phenoxy) is 3. The summed E-state index contributed by atoms with van der Waals surface area (Å²) >= 11 is 5.76. The lowest BCUT2D eigenvalue weighted by molar-refractivity contribution is -0.142. The molecular weight excluding hydrogens is 427 g/mol. The zero-order valence-corrected chi connectivity index (χ0v) is 16.6. The highest BCUT2D eigenvalue weighted by atomic mass is 35.5. The van der Waals surface area contributed by atoms with Crippen LogP contribution in [0.2, 0.25) is 5.02 Å². The number of benzene rings is 2. The van der Waals surface area contributed by atoms with E-state index in [1.165, 1.54) is 26.4 Å². The Hall–Kier alpha value is -3.20. The summed E-state index contributed by atoms with van der Waals surface area (Å²) in [5, 5.41) is 1.72. The van der Waals surface area contributed by atoms with Gasteiger partial charge in [0.1, 0.15) is 11.5 Å². The number of rotatable bonds is 7. The van der Waals surface area contributed by atoms with E-state index in [1.54, 1.807) is 18.2 Å². The topological polar surface area (TPSA) is 73.9 Å². The van der Waals surface area contributed by atoms with Gasteiger partial charge in [0.25, 0.3) is 5.91 Å². The van der Waals surface area contributed by atoms with Crippen LogP contribution in [0.25, 0.3) is 6.08 Å². The molecule has 10 heteroatoms. The van der Waals surface area contributed by atoms with Crippen LogP contribution in [0.3, 0.4) is 0 Å². The molecule has 0 saturated heterocycles. The first-order valence-electron chi connectivity index (χ1n) is 8.38. The molecule has 1 amide bonds. The summed E-state index contributed by atoms with van der Waals surface area (Å²) in [6, 6.07) is 8.01. The minimum atomic E-state index is -4.72. The van der Waals surface area contributed by atoms with Crippen molar-refractivity contribution in [1.82, 2.24) is 0 Å². The molecule has 2 rings (SSSR count). The third-order valence-corrected chi connectivity index (χ3v) is 4.08. The Labute approximate surface area is 175 Å². The minimum Gasteiger partial charge on any atom is -0.497 e. The van der Waals surface area contributed by atoms with Crippen LogP contribution in [-0.2, 0) is 20.5 Å². The largest absolute Gasteiger partial charge is 0.497 e. The minimum absolute atomic E-state index is 0.297. The maximum atomic E-state index is 13.0. The Morgan fingerprint density at radius 2 is 1.87 bits per heavy atom. The average molecular weight is 444 g/mol. The summed E-state index contributed by atoms with van der Waals surface area (Å²) in [4.78, 5) is 23.8. The Kier molecular flexibility index (Phi) is 7.71. The predicted octanol–water partition coefficient (Wildman–Crippen LogP) is 4.57. The lowest BCUT2D eigenvalue weighted by Gasteiger charge is -2.15. The van der Waals surface area contributed by atoms with Crippen LogP contribution >= 0.6 is 11.6 Å². The molecule has 0 atom stereocenters. The molecule has 160 valence electrons. The van der Waals surface area contributed by atoms with Gasteiger partial charge < -0.3 is 19.5 Å². The average Bonchev–Trinajstić information content (AvgIpc) is 2.71. The molecular formula is C20H17ClF3NO5. The van der Waals surface area contributed by atoms with Crippen molar-refractivity contribution in [1.29, 1.82) is 0 Å². The molecule has 0 aliphatic carbocycles. The molecule has 6 nitrogen and oxygen atoms in total. The fraction of sp³-hybridized carbons (Fsp3) is 0.200. The number of para-hydroxylation sites is 1. The van der Waals surface area contributed by atoms with Crippen molar-refractivity contribution in [2.45, 2.75) is 6.18 Å². The van der Waals surface area contributed by atoms with Crippen molar-refractivity contribution in [3.63, 3.8) is 0 Å². The Balaban J connectivity index is 2.01. The van der Waals surface area contributed by atoms with Crippen LogP contribution in [-0.4, -0.2) is 32.7 Å². The van der Waals surface area contributed by atoms with Crippen molar-refractivity contribution < 1.29 is 37.0 Å².